The number of benzene rings is 1. The first kappa shape index (κ1) is 23.9. The van der Waals surface area contributed by atoms with Gasteiger partial charge in [-0.3, -0.25) is 4.99 Å². The van der Waals surface area contributed by atoms with E-state index in [-0.39, 0.29) is 24.0 Å². The molecule has 10 heteroatoms. The van der Waals surface area contributed by atoms with Gasteiger partial charge in [0.05, 0.1) is 7.11 Å². The van der Waals surface area contributed by atoms with Gasteiger partial charge >= 0.3 is 0 Å². The lowest BCUT2D eigenvalue weighted by atomic mass is 10.1. The fourth-order valence-corrected chi connectivity index (χ4v) is 4.19. The van der Waals surface area contributed by atoms with Gasteiger partial charge < -0.3 is 19.9 Å². The maximum atomic E-state index is 6.33. The van der Waals surface area contributed by atoms with Crippen LogP contribution in [0.4, 0.5) is 5.13 Å². The molecule has 1 aromatic heterocycles. The van der Waals surface area contributed by atoms with Crippen LogP contribution in [0.3, 0.4) is 0 Å². The molecule has 2 aromatic rings. The van der Waals surface area contributed by atoms with Crippen molar-refractivity contribution in [2.24, 2.45) is 4.99 Å². The van der Waals surface area contributed by atoms with Crippen LogP contribution < -0.4 is 15.0 Å². The normalized spacial score (nSPS) is 14.6. The summed E-state index contributed by atoms with van der Waals surface area (Å²) in [7, 11) is 3.47. The van der Waals surface area contributed by atoms with E-state index in [1.165, 1.54) is 11.5 Å². The van der Waals surface area contributed by atoms with Crippen LogP contribution in [0.15, 0.2) is 23.2 Å². The number of aliphatic imine (C=N–C) groups is 1. The monoisotopic (exact) mass is 550 g/mol. The SMILES string of the molecule is CCc1nsc(N2CCN(C(=NC)NCCc3ccc(OC)cc3Cl)CC2)n1.I. The highest BCUT2D eigenvalue weighted by molar-refractivity contribution is 14.0. The van der Waals surface area contributed by atoms with E-state index in [1.54, 1.807) is 7.11 Å². The van der Waals surface area contributed by atoms with Gasteiger partial charge in [-0.1, -0.05) is 24.6 Å². The molecule has 1 aliphatic rings. The van der Waals surface area contributed by atoms with Gasteiger partial charge in [-0.25, -0.2) is 4.98 Å². The van der Waals surface area contributed by atoms with E-state index in [0.717, 1.165) is 78.8 Å². The fraction of sp³-hybridized carbons (Fsp3) is 0.526. The molecule has 0 unspecified atom stereocenters. The van der Waals surface area contributed by atoms with E-state index in [9.17, 15) is 0 Å². The van der Waals surface area contributed by atoms with Crippen molar-refractivity contribution >= 4 is 58.2 Å². The molecule has 3 rings (SSSR count). The van der Waals surface area contributed by atoms with Crippen LogP contribution in [0.1, 0.15) is 18.3 Å². The van der Waals surface area contributed by atoms with Gasteiger partial charge in [0.25, 0.3) is 0 Å². The molecule has 0 bridgehead atoms. The summed E-state index contributed by atoms with van der Waals surface area (Å²) >= 11 is 7.82. The lowest BCUT2D eigenvalue weighted by Gasteiger charge is -2.36. The number of hydrogen-bond donors (Lipinski definition) is 1. The molecule has 2 heterocycles. The fourth-order valence-electron chi connectivity index (χ4n) is 3.13. The predicted octanol–water partition coefficient (Wildman–Crippen LogP) is 3.32. The van der Waals surface area contributed by atoms with E-state index >= 15 is 0 Å². The molecule has 0 atom stereocenters. The molecule has 0 spiro atoms. The number of aromatic nitrogens is 2. The Morgan fingerprint density at radius 2 is 2.07 bits per heavy atom. The highest BCUT2D eigenvalue weighted by Crippen LogP contribution is 2.22. The molecule has 1 aromatic carbocycles. The zero-order valence-corrected chi connectivity index (χ0v) is 20.9. The molecule has 29 heavy (non-hydrogen) atoms. The summed E-state index contributed by atoms with van der Waals surface area (Å²) in [5.41, 5.74) is 1.10. The Morgan fingerprint density at radius 1 is 1.31 bits per heavy atom. The van der Waals surface area contributed by atoms with E-state index < -0.39 is 0 Å². The Hall–Kier alpha value is -1.33. The minimum absolute atomic E-state index is 0. The van der Waals surface area contributed by atoms with E-state index in [2.05, 4.69) is 36.4 Å². The minimum Gasteiger partial charge on any atom is -0.497 e. The predicted molar refractivity (Wildman–Crippen MR) is 132 cm³/mol. The van der Waals surface area contributed by atoms with Crippen molar-refractivity contribution in [3.8, 4) is 5.75 Å². The van der Waals surface area contributed by atoms with Crippen molar-refractivity contribution in [3.63, 3.8) is 0 Å². The Balaban J connectivity index is 0.00000300. The van der Waals surface area contributed by atoms with Crippen LogP contribution in [0, 0.1) is 0 Å². The zero-order chi connectivity index (χ0) is 19.9. The molecule has 1 aliphatic heterocycles. The minimum atomic E-state index is 0. The van der Waals surface area contributed by atoms with Gasteiger partial charge in [-0.15, -0.1) is 24.0 Å². The number of nitrogens with zero attached hydrogens (tertiary/aromatic N) is 5. The first-order valence-corrected chi connectivity index (χ1v) is 10.6. The maximum absolute atomic E-state index is 6.33. The Bertz CT molecular complexity index is 810. The van der Waals surface area contributed by atoms with E-state index in [1.807, 2.05) is 25.2 Å². The second kappa shape index (κ2) is 11.8. The van der Waals surface area contributed by atoms with Crippen LogP contribution in [-0.4, -0.2) is 67.1 Å². The number of anilines is 1. The summed E-state index contributed by atoms with van der Waals surface area (Å²) in [6, 6.07) is 5.80. The molecule has 1 N–H and O–H groups in total. The van der Waals surface area contributed by atoms with Crippen molar-refractivity contribution < 1.29 is 4.74 Å². The second-order valence-electron chi connectivity index (χ2n) is 6.50. The quantitative estimate of drug-likeness (QED) is 0.338. The zero-order valence-electron chi connectivity index (χ0n) is 17.0. The first-order valence-electron chi connectivity index (χ1n) is 9.50. The molecular weight excluding hydrogens is 523 g/mol. The Kier molecular flexibility index (Phi) is 9.70. The standard InChI is InChI=1S/C19H27ClN6OS.HI/c1-4-17-23-19(28-24-17)26-11-9-25(10-12-26)18(21-2)22-8-7-14-5-6-15(27-3)13-16(14)20;/h5-6,13H,4,7-12H2,1-3H3,(H,21,22);1H. The topological polar surface area (TPSA) is 65.9 Å². The van der Waals surface area contributed by atoms with Crippen LogP contribution in [0.25, 0.3) is 0 Å². The summed E-state index contributed by atoms with van der Waals surface area (Å²) in [4.78, 5) is 13.6. The lowest BCUT2D eigenvalue weighted by Crippen LogP contribution is -2.52. The third kappa shape index (κ3) is 6.32. The number of halogens is 2. The highest BCUT2D eigenvalue weighted by Gasteiger charge is 2.22. The molecule has 0 radical (unpaired) electrons. The summed E-state index contributed by atoms with van der Waals surface area (Å²) < 4.78 is 9.59. The van der Waals surface area contributed by atoms with Crippen molar-refractivity contribution in [1.29, 1.82) is 0 Å². The van der Waals surface area contributed by atoms with Crippen molar-refractivity contribution in [3.05, 3.63) is 34.6 Å². The van der Waals surface area contributed by atoms with Gasteiger partial charge in [0, 0.05) is 62.7 Å². The van der Waals surface area contributed by atoms with Gasteiger partial charge in [0.2, 0.25) is 5.13 Å². The summed E-state index contributed by atoms with van der Waals surface area (Å²) in [5, 5.41) is 5.21. The molecule has 0 amide bonds. The van der Waals surface area contributed by atoms with Crippen molar-refractivity contribution in [1.82, 2.24) is 19.6 Å². The highest BCUT2D eigenvalue weighted by atomic mass is 127. The molecule has 0 saturated carbocycles. The van der Waals surface area contributed by atoms with Gasteiger partial charge in [0.1, 0.15) is 11.6 Å². The molecular formula is C19H28ClIN6OS. The van der Waals surface area contributed by atoms with E-state index in [4.69, 9.17) is 16.3 Å². The third-order valence-corrected chi connectivity index (χ3v) is 5.94. The largest absolute Gasteiger partial charge is 0.497 e. The van der Waals surface area contributed by atoms with Crippen LogP contribution in [0.2, 0.25) is 5.02 Å². The average Bonchev–Trinajstić information content (AvgIpc) is 3.21. The molecule has 7 nitrogen and oxygen atoms in total. The number of nitrogens with one attached hydrogen (secondary N) is 1. The number of rotatable bonds is 6. The van der Waals surface area contributed by atoms with E-state index in [0.29, 0.717) is 0 Å². The van der Waals surface area contributed by atoms with Gasteiger partial charge in [0.15, 0.2) is 5.96 Å². The van der Waals surface area contributed by atoms with Crippen molar-refractivity contribution in [2.45, 2.75) is 19.8 Å². The number of piperazine rings is 1. The lowest BCUT2D eigenvalue weighted by molar-refractivity contribution is 0.372. The van der Waals surface area contributed by atoms with Crippen molar-refractivity contribution in [2.75, 3.05) is 51.8 Å². The van der Waals surface area contributed by atoms with Crippen LogP contribution in [-0.2, 0) is 12.8 Å². The molecule has 1 saturated heterocycles. The number of hydrogen-bond acceptors (Lipinski definition) is 6. The summed E-state index contributed by atoms with van der Waals surface area (Å²) in [6.07, 6.45) is 1.71. The van der Waals surface area contributed by atoms with Crippen LogP contribution in [0.5, 0.6) is 5.75 Å². The Labute approximate surface area is 198 Å². The number of aryl methyl sites for hydroxylation is 1. The molecule has 1 fully saturated rings. The Morgan fingerprint density at radius 3 is 2.66 bits per heavy atom. The second-order valence-corrected chi connectivity index (χ2v) is 7.64. The van der Waals surface area contributed by atoms with Crippen LogP contribution >= 0.6 is 47.1 Å². The summed E-state index contributed by atoms with van der Waals surface area (Å²) in [5.74, 6) is 2.63. The average molecular weight is 551 g/mol. The first-order chi connectivity index (χ1) is 13.6. The number of guanidine groups is 1. The number of methoxy groups -OCH3 is 1. The maximum Gasteiger partial charge on any atom is 0.205 e. The smallest absolute Gasteiger partial charge is 0.205 e. The number of ether oxygens (including phenoxy) is 1. The molecule has 0 aliphatic carbocycles. The van der Waals surface area contributed by atoms with Gasteiger partial charge in [-0.2, -0.15) is 4.37 Å². The summed E-state index contributed by atoms with van der Waals surface area (Å²) in [6.45, 7) is 6.51. The van der Waals surface area contributed by atoms with Gasteiger partial charge in [-0.05, 0) is 24.1 Å². The third-order valence-electron chi connectivity index (χ3n) is 4.77. The molecule has 160 valence electrons.